The summed E-state index contributed by atoms with van der Waals surface area (Å²) in [5.74, 6) is 3.32. The van der Waals surface area contributed by atoms with E-state index in [0.29, 0.717) is 11.8 Å². The van der Waals surface area contributed by atoms with Crippen LogP contribution in [0.3, 0.4) is 0 Å². The van der Waals surface area contributed by atoms with Crippen LogP contribution in [0.15, 0.2) is 85.1 Å². The molecule has 3 nitrogen and oxygen atoms in total. The van der Waals surface area contributed by atoms with E-state index >= 15 is 0 Å². The molecule has 0 saturated heterocycles. The number of aryl methyl sites for hydroxylation is 2. The lowest BCUT2D eigenvalue weighted by Crippen LogP contribution is -2.58. The first-order chi connectivity index (χ1) is 18.4. The molecule has 3 aromatic rings. The number of carbonyl (C=O) groups is 1. The molecular formula is C33H35O3S2+. The highest BCUT2D eigenvalue weighted by molar-refractivity contribution is 8.04. The van der Waals surface area contributed by atoms with E-state index in [1.807, 2.05) is 11.8 Å². The van der Waals surface area contributed by atoms with Crippen LogP contribution in [0.2, 0.25) is 0 Å². The molecular weight excluding hydrogens is 508 g/mol. The molecule has 4 bridgehead atoms. The maximum atomic E-state index is 13.1. The minimum Gasteiger partial charge on any atom is -0.481 e. The van der Waals surface area contributed by atoms with E-state index < -0.39 is 0 Å². The third-order valence-electron chi connectivity index (χ3n) is 9.46. The van der Waals surface area contributed by atoms with Crippen LogP contribution in [0.1, 0.15) is 50.2 Å². The smallest absolute Gasteiger partial charge is 0.344 e. The topological polar surface area (TPSA) is 35.5 Å². The van der Waals surface area contributed by atoms with Gasteiger partial charge >= 0.3 is 5.97 Å². The second-order valence-electron chi connectivity index (χ2n) is 11.9. The highest BCUT2D eigenvalue weighted by Crippen LogP contribution is 2.59. The summed E-state index contributed by atoms with van der Waals surface area (Å²) in [6.45, 7) is 6.35. The first-order valence-electron chi connectivity index (χ1n) is 13.9. The number of ether oxygens (including phenoxy) is 2. The Balaban J connectivity index is 1.11. The van der Waals surface area contributed by atoms with Crippen molar-refractivity contribution in [1.82, 2.24) is 0 Å². The number of hydrogen-bond donors (Lipinski definition) is 0. The number of esters is 1. The van der Waals surface area contributed by atoms with Crippen molar-refractivity contribution >= 4 is 28.6 Å². The minimum absolute atomic E-state index is 0.0308. The number of rotatable bonds is 5. The zero-order valence-corrected chi connectivity index (χ0v) is 24.0. The summed E-state index contributed by atoms with van der Waals surface area (Å²) in [7, 11) is -0.180. The summed E-state index contributed by atoms with van der Waals surface area (Å²) < 4.78 is 12.4. The van der Waals surface area contributed by atoms with Crippen molar-refractivity contribution in [3.63, 3.8) is 0 Å². The number of fused-ring (bicyclic) bond motifs is 2. The second kappa shape index (κ2) is 9.38. The van der Waals surface area contributed by atoms with E-state index in [2.05, 4.69) is 81.4 Å². The molecule has 4 saturated carbocycles. The summed E-state index contributed by atoms with van der Waals surface area (Å²) >= 11 is 1.86. The standard InChI is InChI=1S/C33H35O3S2/c1-20-12-26(38-29-10-6-4-8-27(29)37-28-9-5-7-11-30(28)38)13-21(2)32(20)35-19-31(34)36-33(3)24-15-22-14-23(17-24)18-25(33)16-22/h4-13,22-25H,14-19H2,1-3H3/q+1. The fourth-order valence-electron chi connectivity index (χ4n) is 7.85. The van der Waals surface area contributed by atoms with E-state index in [-0.39, 0.29) is 29.1 Å². The summed E-state index contributed by atoms with van der Waals surface area (Å²) in [6.07, 6.45) is 6.30. The van der Waals surface area contributed by atoms with Crippen molar-refractivity contribution in [1.29, 1.82) is 0 Å². The molecule has 0 aromatic heterocycles. The maximum absolute atomic E-state index is 13.1. The lowest BCUT2D eigenvalue weighted by Gasteiger charge is -2.59. The van der Waals surface area contributed by atoms with Crippen molar-refractivity contribution in [2.75, 3.05) is 6.61 Å². The monoisotopic (exact) mass is 543 g/mol. The first kappa shape index (κ1) is 24.7. The highest BCUT2D eigenvalue weighted by atomic mass is 32.2. The average molecular weight is 544 g/mol. The summed E-state index contributed by atoms with van der Waals surface area (Å²) in [4.78, 5) is 19.8. The average Bonchev–Trinajstić information content (AvgIpc) is 2.89. The third-order valence-corrected chi connectivity index (χ3v) is 13.2. The van der Waals surface area contributed by atoms with Crippen LogP contribution in [0.25, 0.3) is 0 Å². The lowest BCUT2D eigenvalue weighted by molar-refractivity contribution is -0.204. The molecule has 196 valence electrons. The van der Waals surface area contributed by atoms with Crippen molar-refractivity contribution in [3.8, 4) is 5.75 Å². The lowest BCUT2D eigenvalue weighted by atomic mass is 9.50. The molecule has 0 radical (unpaired) electrons. The molecule has 5 aliphatic rings. The number of benzene rings is 3. The van der Waals surface area contributed by atoms with E-state index in [1.165, 1.54) is 56.6 Å². The fraction of sp³-hybridized carbons (Fsp3) is 0.424. The SMILES string of the molecule is Cc1cc([S+]2c3ccccc3Sc3ccccc32)cc(C)c1OCC(=O)OC1(C)C2CC3CC(C2)CC1C3. The minimum atomic E-state index is -0.317. The van der Waals surface area contributed by atoms with Gasteiger partial charge in [-0.25, -0.2) is 4.79 Å². The largest absolute Gasteiger partial charge is 0.481 e. The van der Waals surface area contributed by atoms with E-state index in [4.69, 9.17) is 9.47 Å². The maximum Gasteiger partial charge on any atom is 0.344 e. The summed E-state index contributed by atoms with van der Waals surface area (Å²) in [5, 5.41) is 0. The first-order valence-corrected chi connectivity index (χ1v) is 16.0. The Hall–Kier alpha value is -2.37. The molecule has 38 heavy (non-hydrogen) atoms. The quantitative estimate of drug-likeness (QED) is 0.189. The van der Waals surface area contributed by atoms with Gasteiger partial charge in [-0.05, 0) is 112 Å². The Bertz CT molecular complexity index is 1320. The zero-order chi connectivity index (χ0) is 26.0. The van der Waals surface area contributed by atoms with Gasteiger partial charge in [0.25, 0.3) is 0 Å². The molecule has 8 rings (SSSR count). The molecule has 0 atom stereocenters. The molecule has 5 heteroatoms. The van der Waals surface area contributed by atoms with Crippen LogP contribution < -0.4 is 4.74 Å². The molecule has 1 aliphatic heterocycles. The Morgan fingerprint density at radius 3 is 1.95 bits per heavy atom. The van der Waals surface area contributed by atoms with Gasteiger partial charge in [0.15, 0.2) is 21.3 Å². The Morgan fingerprint density at radius 1 is 0.868 bits per heavy atom. The molecule has 0 unspecified atom stereocenters. The van der Waals surface area contributed by atoms with Crippen LogP contribution in [0, 0.1) is 37.5 Å². The molecule has 0 N–H and O–H groups in total. The fourth-order valence-corrected chi connectivity index (χ4v) is 11.8. The zero-order valence-electron chi connectivity index (χ0n) is 22.4. The van der Waals surface area contributed by atoms with Gasteiger partial charge < -0.3 is 9.47 Å². The number of carbonyl (C=O) groups excluding carboxylic acids is 1. The second-order valence-corrected chi connectivity index (χ2v) is 15.0. The molecule has 4 fully saturated rings. The molecule has 0 spiro atoms. The van der Waals surface area contributed by atoms with Gasteiger partial charge in [0.05, 0.1) is 9.79 Å². The van der Waals surface area contributed by atoms with Crippen molar-refractivity contribution in [2.24, 2.45) is 23.7 Å². The Labute approximate surface area is 233 Å². The highest BCUT2D eigenvalue weighted by Gasteiger charge is 2.57. The van der Waals surface area contributed by atoms with Crippen LogP contribution in [-0.4, -0.2) is 18.2 Å². The van der Waals surface area contributed by atoms with Gasteiger partial charge in [-0.2, -0.15) is 0 Å². The Kier molecular flexibility index (Phi) is 6.08. The van der Waals surface area contributed by atoms with E-state index in [1.54, 1.807) is 0 Å². The van der Waals surface area contributed by atoms with Gasteiger partial charge in [0, 0.05) is 12.1 Å². The number of hydrogen-bond acceptors (Lipinski definition) is 4. The van der Waals surface area contributed by atoms with Gasteiger partial charge in [-0.3, -0.25) is 0 Å². The third kappa shape index (κ3) is 4.08. The van der Waals surface area contributed by atoms with E-state index in [9.17, 15) is 4.79 Å². The van der Waals surface area contributed by atoms with Crippen LogP contribution in [0.4, 0.5) is 0 Å². The van der Waals surface area contributed by atoms with Crippen LogP contribution in [0.5, 0.6) is 5.75 Å². The van der Waals surface area contributed by atoms with Gasteiger partial charge in [0.1, 0.15) is 22.2 Å². The van der Waals surface area contributed by atoms with Crippen LogP contribution in [-0.2, 0) is 20.4 Å². The molecule has 1 heterocycles. The summed E-state index contributed by atoms with van der Waals surface area (Å²) in [6, 6.07) is 22.0. The van der Waals surface area contributed by atoms with E-state index in [0.717, 1.165) is 28.7 Å². The van der Waals surface area contributed by atoms with Crippen molar-refractivity contribution in [3.05, 3.63) is 71.8 Å². The van der Waals surface area contributed by atoms with Crippen molar-refractivity contribution in [2.45, 2.75) is 83.0 Å². The van der Waals surface area contributed by atoms with Crippen LogP contribution >= 0.6 is 11.8 Å². The molecule has 0 amide bonds. The normalized spacial score (nSPS) is 29.0. The van der Waals surface area contributed by atoms with Gasteiger partial charge in [0.2, 0.25) is 0 Å². The summed E-state index contributed by atoms with van der Waals surface area (Å²) in [5.41, 5.74) is 1.81. The van der Waals surface area contributed by atoms with Gasteiger partial charge in [-0.1, -0.05) is 36.0 Å². The Morgan fingerprint density at radius 2 is 1.39 bits per heavy atom. The van der Waals surface area contributed by atoms with Gasteiger partial charge in [-0.15, -0.1) is 0 Å². The molecule has 3 aromatic carbocycles. The molecule has 4 aliphatic carbocycles. The van der Waals surface area contributed by atoms with Crippen molar-refractivity contribution < 1.29 is 14.3 Å². The predicted octanol–water partition coefficient (Wildman–Crippen LogP) is 8.00. The predicted molar refractivity (Wildman–Crippen MR) is 152 cm³/mol.